The van der Waals surface area contributed by atoms with E-state index < -0.39 is 22.1 Å². The van der Waals surface area contributed by atoms with Gasteiger partial charge in [0, 0.05) is 40.1 Å². The molecule has 2 spiro atoms. The Balaban J connectivity index is 1.51. The summed E-state index contributed by atoms with van der Waals surface area (Å²) in [6, 6.07) is 3.80. The fourth-order valence-corrected chi connectivity index (χ4v) is 7.32. The van der Waals surface area contributed by atoms with Gasteiger partial charge in [-0.2, -0.15) is 0 Å². The van der Waals surface area contributed by atoms with E-state index in [0.717, 1.165) is 34.3 Å². The molecule has 0 radical (unpaired) electrons. The summed E-state index contributed by atoms with van der Waals surface area (Å²) in [5.41, 5.74) is -0.146. The van der Waals surface area contributed by atoms with Gasteiger partial charge in [0.2, 0.25) is 11.7 Å². The van der Waals surface area contributed by atoms with Gasteiger partial charge in [0.25, 0.3) is 5.91 Å². The second kappa shape index (κ2) is 5.34. The first-order valence-corrected chi connectivity index (χ1v) is 11.8. The summed E-state index contributed by atoms with van der Waals surface area (Å²) in [6.45, 7) is 8.74. The van der Waals surface area contributed by atoms with Crippen molar-refractivity contribution < 1.29 is 19.1 Å². The van der Waals surface area contributed by atoms with Crippen LogP contribution in [0, 0.1) is 5.92 Å². The molecule has 2 aromatic rings. The number of nitrogens with zero attached hydrogens (tertiary/aromatic N) is 1. The molecule has 2 amide bonds. The van der Waals surface area contributed by atoms with Crippen LogP contribution in [0.5, 0.6) is 5.75 Å². The molecule has 4 fully saturated rings. The van der Waals surface area contributed by atoms with Crippen molar-refractivity contribution in [1.82, 2.24) is 15.2 Å². The third kappa shape index (κ3) is 1.94. The maximum atomic E-state index is 14.3. The van der Waals surface area contributed by atoms with Gasteiger partial charge in [-0.15, -0.1) is 0 Å². The summed E-state index contributed by atoms with van der Waals surface area (Å²) in [6.07, 6.45) is 6.03. The number of carbonyl (C=O) groups is 3. The van der Waals surface area contributed by atoms with Gasteiger partial charge in [0.15, 0.2) is 5.54 Å². The smallest absolute Gasteiger partial charge is 0.257 e. The largest absolute Gasteiger partial charge is 0.483 e. The van der Waals surface area contributed by atoms with Gasteiger partial charge in [-0.25, -0.2) is 0 Å². The Labute approximate surface area is 191 Å². The normalized spacial score (nSPS) is 34.5. The van der Waals surface area contributed by atoms with Crippen molar-refractivity contribution in [2.45, 2.75) is 69.1 Å². The maximum absolute atomic E-state index is 14.3. The summed E-state index contributed by atoms with van der Waals surface area (Å²) in [5, 5.41) is 3.76. The molecule has 1 aliphatic carbocycles. The quantitative estimate of drug-likeness (QED) is 0.610. The molecule has 6 heterocycles. The molecule has 3 atom stereocenters. The van der Waals surface area contributed by atoms with Crippen LogP contribution >= 0.6 is 0 Å². The SMILES string of the molecule is CC1(C)C=Cc2c(ccc3c4c([nH]c23)C(C)(C)[C@H]2C[C@]35CCCN3C(=O)C2(NC5=O)C4=O)O1. The number of aromatic nitrogens is 1. The number of carbonyl (C=O) groups excluding carboxylic acids is 3. The van der Waals surface area contributed by atoms with Gasteiger partial charge in [-0.05, 0) is 57.4 Å². The number of Topliss-reactive ketones (excluding diaryl/α,β-unsaturated/α-hetero) is 1. The Morgan fingerprint density at radius 2 is 1.91 bits per heavy atom. The lowest BCUT2D eigenvalue weighted by atomic mass is 9.51. The number of hydrogen-bond acceptors (Lipinski definition) is 4. The van der Waals surface area contributed by atoms with Crippen LogP contribution in [0.15, 0.2) is 18.2 Å². The first-order chi connectivity index (χ1) is 15.5. The molecular weight excluding hydrogens is 418 g/mol. The van der Waals surface area contributed by atoms with E-state index in [1.807, 2.05) is 38.1 Å². The third-order valence-electron chi connectivity index (χ3n) is 8.97. The second-order valence-electron chi connectivity index (χ2n) is 11.5. The van der Waals surface area contributed by atoms with E-state index in [1.54, 1.807) is 4.90 Å². The van der Waals surface area contributed by atoms with Crippen LogP contribution in [0.4, 0.5) is 0 Å². The highest BCUT2D eigenvalue weighted by Gasteiger charge is 2.76. The summed E-state index contributed by atoms with van der Waals surface area (Å²) < 4.78 is 6.15. The Hall–Kier alpha value is -3.09. The van der Waals surface area contributed by atoms with Crippen LogP contribution < -0.4 is 10.1 Å². The molecule has 2 N–H and O–H groups in total. The Morgan fingerprint density at radius 3 is 2.70 bits per heavy atom. The second-order valence-corrected chi connectivity index (χ2v) is 11.5. The number of piperazine rings is 1. The lowest BCUT2D eigenvalue weighted by molar-refractivity contribution is -0.174. The third-order valence-corrected chi connectivity index (χ3v) is 8.97. The molecule has 33 heavy (non-hydrogen) atoms. The first-order valence-electron chi connectivity index (χ1n) is 11.8. The number of H-pyrrole nitrogens is 1. The number of benzene rings is 1. The predicted octanol–water partition coefficient (Wildman–Crippen LogP) is 3.08. The van der Waals surface area contributed by atoms with Crippen molar-refractivity contribution in [3.05, 3.63) is 35.0 Å². The van der Waals surface area contributed by atoms with Crippen LogP contribution in [0.2, 0.25) is 0 Å². The zero-order chi connectivity index (χ0) is 23.1. The molecule has 0 saturated carbocycles. The number of aromatic amines is 1. The summed E-state index contributed by atoms with van der Waals surface area (Å²) >= 11 is 0. The molecule has 6 aliphatic rings. The number of ketones is 1. The van der Waals surface area contributed by atoms with Crippen molar-refractivity contribution in [3.63, 3.8) is 0 Å². The van der Waals surface area contributed by atoms with E-state index in [1.165, 1.54) is 0 Å². The Bertz CT molecular complexity index is 1370. The number of ether oxygens (including phenoxy) is 1. The zero-order valence-electron chi connectivity index (χ0n) is 19.3. The van der Waals surface area contributed by atoms with Crippen molar-refractivity contribution >= 4 is 34.6 Å². The Morgan fingerprint density at radius 1 is 1.12 bits per heavy atom. The topological polar surface area (TPSA) is 91.5 Å². The van der Waals surface area contributed by atoms with Gasteiger partial charge in [0.05, 0.1) is 5.52 Å². The molecule has 7 nitrogen and oxygen atoms in total. The number of amides is 2. The van der Waals surface area contributed by atoms with E-state index in [4.69, 9.17) is 4.74 Å². The molecule has 8 rings (SSSR count). The van der Waals surface area contributed by atoms with Crippen molar-refractivity contribution in [1.29, 1.82) is 0 Å². The highest BCUT2D eigenvalue weighted by Crippen LogP contribution is 2.59. The minimum atomic E-state index is -1.53. The van der Waals surface area contributed by atoms with Crippen molar-refractivity contribution in [2.75, 3.05) is 6.54 Å². The van der Waals surface area contributed by atoms with Crippen LogP contribution in [0.1, 0.15) is 68.6 Å². The Kier molecular flexibility index (Phi) is 3.14. The average molecular weight is 446 g/mol. The molecule has 5 aliphatic heterocycles. The van der Waals surface area contributed by atoms with E-state index in [0.29, 0.717) is 24.9 Å². The minimum Gasteiger partial charge on any atom is -0.483 e. The molecular formula is C26H27N3O4. The van der Waals surface area contributed by atoms with E-state index in [9.17, 15) is 14.4 Å². The number of hydrogen-bond donors (Lipinski definition) is 2. The highest BCUT2D eigenvalue weighted by atomic mass is 16.5. The van der Waals surface area contributed by atoms with Crippen LogP contribution in [-0.4, -0.2) is 50.7 Å². The fraction of sp³-hybridized carbons (Fsp3) is 0.500. The van der Waals surface area contributed by atoms with Gasteiger partial charge >= 0.3 is 0 Å². The van der Waals surface area contributed by atoms with Gasteiger partial charge in [-0.3, -0.25) is 14.4 Å². The molecule has 7 heteroatoms. The van der Waals surface area contributed by atoms with E-state index in [-0.39, 0.29) is 23.5 Å². The lowest BCUT2D eigenvalue weighted by Gasteiger charge is -2.62. The molecule has 1 aromatic carbocycles. The van der Waals surface area contributed by atoms with E-state index in [2.05, 4.69) is 24.1 Å². The fourth-order valence-electron chi connectivity index (χ4n) is 7.32. The highest BCUT2D eigenvalue weighted by molar-refractivity contribution is 6.28. The maximum Gasteiger partial charge on any atom is 0.257 e. The van der Waals surface area contributed by atoms with Crippen molar-refractivity contribution in [3.8, 4) is 5.75 Å². The monoisotopic (exact) mass is 445 g/mol. The van der Waals surface area contributed by atoms with E-state index >= 15 is 0 Å². The summed E-state index contributed by atoms with van der Waals surface area (Å²) in [4.78, 5) is 46.7. The van der Waals surface area contributed by atoms with Crippen molar-refractivity contribution in [2.24, 2.45) is 5.92 Å². The number of piperidine rings is 2. The van der Waals surface area contributed by atoms with Gasteiger partial charge in [-0.1, -0.05) is 13.8 Å². The average Bonchev–Trinajstić information content (AvgIpc) is 3.36. The molecule has 170 valence electrons. The van der Waals surface area contributed by atoms with Gasteiger partial charge in [0.1, 0.15) is 16.9 Å². The van der Waals surface area contributed by atoms with Crippen LogP contribution in [0.25, 0.3) is 17.0 Å². The lowest BCUT2D eigenvalue weighted by Crippen LogP contribution is -2.86. The molecule has 1 unspecified atom stereocenters. The first kappa shape index (κ1) is 19.4. The number of fused-ring (bicyclic) bond motifs is 6. The predicted molar refractivity (Wildman–Crippen MR) is 122 cm³/mol. The van der Waals surface area contributed by atoms with Crippen LogP contribution in [-0.2, 0) is 15.0 Å². The number of nitrogens with one attached hydrogen (secondary N) is 2. The molecule has 1 aromatic heterocycles. The zero-order valence-corrected chi connectivity index (χ0v) is 19.3. The molecule has 2 bridgehead atoms. The van der Waals surface area contributed by atoms with Crippen LogP contribution in [0.3, 0.4) is 0 Å². The summed E-state index contributed by atoms with van der Waals surface area (Å²) in [5.74, 6) is -0.220. The standard InChI is InChI=1S/C26H27N3O4/c1-23(2)10-8-13-15(33-23)7-6-14-17-19(27-18(13)14)24(3,4)16-12-25-9-5-11-29(25)22(32)26(16,20(17)30)28-21(25)31/h6-8,10,16,27H,5,9,11-12H2,1-4H3,(H,28,31)/t16-,25+,26?/m1/s1. The molecule has 4 saturated heterocycles. The number of rotatable bonds is 0. The van der Waals surface area contributed by atoms with Gasteiger partial charge < -0.3 is 19.9 Å². The minimum absolute atomic E-state index is 0.167. The summed E-state index contributed by atoms with van der Waals surface area (Å²) in [7, 11) is 0.